The van der Waals surface area contributed by atoms with Gasteiger partial charge in [-0.25, -0.2) is 4.79 Å². The Labute approximate surface area is 263 Å². The number of nitrogens with zero attached hydrogens (tertiary/aromatic N) is 1. The van der Waals surface area contributed by atoms with Crippen molar-refractivity contribution in [1.29, 1.82) is 0 Å². The zero-order chi connectivity index (χ0) is 31.5. The molecule has 1 amide bonds. The van der Waals surface area contributed by atoms with E-state index in [2.05, 4.69) is 30.1 Å². The van der Waals surface area contributed by atoms with Crippen LogP contribution in [0.15, 0.2) is 72.8 Å². The fourth-order valence-electron chi connectivity index (χ4n) is 6.53. The lowest BCUT2D eigenvalue weighted by molar-refractivity contribution is -0.139. The molecule has 0 radical (unpaired) electrons. The predicted octanol–water partition coefficient (Wildman–Crippen LogP) is 8.27. The lowest BCUT2D eigenvalue weighted by atomic mass is 9.84. The molecule has 3 aromatic carbocycles. The summed E-state index contributed by atoms with van der Waals surface area (Å²) in [5, 5.41) is 12.5. The highest BCUT2D eigenvalue weighted by molar-refractivity contribution is 6.02. The number of hydrogen-bond acceptors (Lipinski definition) is 4. The van der Waals surface area contributed by atoms with Crippen molar-refractivity contribution in [2.24, 2.45) is 5.92 Å². The highest BCUT2D eigenvalue weighted by Crippen LogP contribution is 2.32. The molecule has 0 bridgehead atoms. The maximum Gasteiger partial charge on any atom is 0.326 e. The van der Waals surface area contributed by atoms with Gasteiger partial charge in [-0.1, -0.05) is 94.0 Å². The molecule has 2 atom stereocenters. The molecule has 4 rings (SSSR count). The molecule has 3 aromatic rings. The summed E-state index contributed by atoms with van der Waals surface area (Å²) >= 11 is 0. The van der Waals surface area contributed by atoms with E-state index in [1.807, 2.05) is 80.6 Å². The van der Waals surface area contributed by atoms with Gasteiger partial charge >= 0.3 is 5.97 Å². The van der Waals surface area contributed by atoms with E-state index in [-0.39, 0.29) is 11.9 Å². The molecule has 236 valence electrons. The Balaban J connectivity index is 1.65. The zero-order valence-electron chi connectivity index (χ0n) is 26.9. The Morgan fingerprint density at radius 1 is 0.955 bits per heavy atom. The number of aryl methyl sites for hydroxylation is 1. The van der Waals surface area contributed by atoms with Crippen molar-refractivity contribution in [3.8, 4) is 16.9 Å². The summed E-state index contributed by atoms with van der Waals surface area (Å²) in [6.07, 6.45) is 8.67. The van der Waals surface area contributed by atoms with Crippen LogP contribution in [0.1, 0.15) is 93.6 Å². The zero-order valence-corrected chi connectivity index (χ0v) is 26.9. The molecule has 2 unspecified atom stereocenters. The number of carbonyl (C=O) groups excluding carboxylic acids is 1. The van der Waals surface area contributed by atoms with Crippen LogP contribution in [0.3, 0.4) is 0 Å². The Hall–Kier alpha value is -3.64. The number of hydrogen-bond donors (Lipinski definition) is 2. The van der Waals surface area contributed by atoms with Crippen LogP contribution < -0.4 is 10.1 Å². The summed E-state index contributed by atoms with van der Waals surface area (Å²) in [6.45, 7) is 9.81. The third-order valence-electron chi connectivity index (χ3n) is 8.96. The number of aliphatic carboxylic acids is 1. The third-order valence-corrected chi connectivity index (χ3v) is 8.96. The molecular weight excluding hydrogens is 548 g/mol. The number of amides is 1. The number of nitrogens with one attached hydrogen (secondary N) is 1. The highest BCUT2D eigenvalue weighted by Gasteiger charge is 2.28. The fraction of sp³-hybridized carbons (Fsp3) is 0.474. The Bertz CT molecular complexity index is 1350. The van der Waals surface area contributed by atoms with E-state index in [0.29, 0.717) is 37.0 Å². The van der Waals surface area contributed by atoms with E-state index in [1.165, 1.54) is 32.1 Å². The van der Waals surface area contributed by atoms with Gasteiger partial charge in [0.1, 0.15) is 18.4 Å². The van der Waals surface area contributed by atoms with Gasteiger partial charge in [-0.15, -0.1) is 0 Å². The second-order valence-electron chi connectivity index (χ2n) is 12.6. The molecule has 0 aliphatic heterocycles. The van der Waals surface area contributed by atoms with Gasteiger partial charge in [0.2, 0.25) is 0 Å². The molecule has 44 heavy (non-hydrogen) atoms. The molecule has 0 heterocycles. The van der Waals surface area contributed by atoms with Crippen LogP contribution in [0.5, 0.6) is 5.75 Å². The van der Waals surface area contributed by atoms with Gasteiger partial charge in [-0.05, 0) is 86.1 Å². The van der Waals surface area contributed by atoms with Crippen molar-refractivity contribution in [2.75, 3.05) is 6.61 Å². The number of benzene rings is 3. The molecule has 0 spiro atoms. The Morgan fingerprint density at radius 2 is 1.66 bits per heavy atom. The van der Waals surface area contributed by atoms with Gasteiger partial charge in [0, 0.05) is 24.2 Å². The van der Waals surface area contributed by atoms with Crippen molar-refractivity contribution >= 4 is 11.9 Å². The summed E-state index contributed by atoms with van der Waals surface area (Å²) in [7, 11) is 0. The van der Waals surface area contributed by atoms with Crippen molar-refractivity contribution in [3.63, 3.8) is 0 Å². The fourth-order valence-corrected chi connectivity index (χ4v) is 6.53. The number of ether oxygens (including phenoxy) is 1. The number of carboxylic acids is 1. The van der Waals surface area contributed by atoms with Crippen molar-refractivity contribution in [1.82, 2.24) is 10.2 Å². The molecule has 1 fully saturated rings. The van der Waals surface area contributed by atoms with Crippen LogP contribution in [0.2, 0.25) is 0 Å². The lowest BCUT2D eigenvalue weighted by Crippen LogP contribution is -2.44. The third kappa shape index (κ3) is 9.18. The minimum atomic E-state index is -1.01. The topological polar surface area (TPSA) is 78.9 Å². The van der Waals surface area contributed by atoms with Gasteiger partial charge in [-0.3, -0.25) is 9.69 Å². The second-order valence-corrected chi connectivity index (χ2v) is 12.6. The van der Waals surface area contributed by atoms with Crippen LogP contribution in [0.25, 0.3) is 11.1 Å². The monoisotopic (exact) mass is 598 g/mol. The second kappa shape index (κ2) is 16.4. The highest BCUT2D eigenvalue weighted by atomic mass is 16.5. The van der Waals surface area contributed by atoms with Crippen LogP contribution in [-0.4, -0.2) is 46.6 Å². The van der Waals surface area contributed by atoms with E-state index >= 15 is 0 Å². The van der Waals surface area contributed by atoms with Crippen molar-refractivity contribution < 1.29 is 19.4 Å². The standard InChI is InChI=1S/C38H50N2O4/c1-5-14-36(38(42)43)39-37(41)34-22-21-30(24-35(34)33-20-13-12-15-28(33)4)25-40(27(2)3)31(23-29-16-8-6-9-17-29)26-44-32-18-10-7-11-19-32/h7,10-13,15,18-22,24,27,29,31,36H,5-6,8-9,14,16-17,23,25-26H2,1-4H3,(H,39,41)(H,42,43). The first kappa shape index (κ1) is 33.3. The van der Waals surface area contributed by atoms with Gasteiger partial charge in [0.25, 0.3) is 5.91 Å². The van der Waals surface area contributed by atoms with E-state index in [0.717, 1.165) is 41.0 Å². The number of para-hydroxylation sites is 1. The molecule has 1 aliphatic carbocycles. The first-order valence-electron chi connectivity index (χ1n) is 16.4. The molecule has 2 N–H and O–H groups in total. The van der Waals surface area contributed by atoms with E-state index in [9.17, 15) is 14.7 Å². The van der Waals surface area contributed by atoms with Gasteiger partial charge in [0.05, 0.1) is 0 Å². The maximum absolute atomic E-state index is 13.5. The summed E-state index contributed by atoms with van der Waals surface area (Å²) in [4.78, 5) is 27.9. The molecule has 6 nitrogen and oxygen atoms in total. The van der Waals surface area contributed by atoms with Gasteiger partial charge in [-0.2, -0.15) is 0 Å². The van der Waals surface area contributed by atoms with E-state index < -0.39 is 12.0 Å². The van der Waals surface area contributed by atoms with E-state index in [4.69, 9.17) is 4.74 Å². The van der Waals surface area contributed by atoms with Crippen molar-refractivity contribution in [2.45, 2.75) is 104 Å². The van der Waals surface area contributed by atoms with Gasteiger partial charge < -0.3 is 15.2 Å². The van der Waals surface area contributed by atoms with Crippen LogP contribution >= 0.6 is 0 Å². The lowest BCUT2D eigenvalue weighted by Gasteiger charge is -2.38. The first-order chi connectivity index (χ1) is 21.3. The SMILES string of the molecule is CCCC(NC(=O)c1ccc(CN(C(C)C)C(COc2ccccc2)CC2CCCCC2)cc1-c1ccccc1C)C(=O)O. The molecule has 0 aromatic heterocycles. The average molecular weight is 599 g/mol. The Kier molecular flexibility index (Phi) is 12.4. The van der Waals surface area contributed by atoms with Crippen LogP contribution in [-0.2, 0) is 11.3 Å². The molecule has 0 saturated heterocycles. The molecule has 1 saturated carbocycles. The number of carbonyl (C=O) groups is 2. The number of rotatable bonds is 15. The average Bonchev–Trinajstić information content (AvgIpc) is 3.02. The predicted molar refractivity (Wildman–Crippen MR) is 178 cm³/mol. The normalized spacial score (nSPS) is 15.2. The van der Waals surface area contributed by atoms with Crippen molar-refractivity contribution in [3.05, 3.63) is 89.5 Å². The summed E-state index contributed by atoms with van der Waals surface area (Å²) < 4.78 is 6.37. The molecule has 1 aliphatic rings. The quantitative estimate of drug-likeness (QED) is 0.184. The molecular formula is C38H50N2O4. The summed E-state index contributed by atoms with van der Waals surface area (Å²) in [6, 6.07) is 23.8. The largest absolute Gasteiger partial charge is 0.492 e. The van der Waals surface area contributed by atoms with Gasteiger partial charge in [0.15, 0.2) is 0 Å². The smallest absolute Gasteiger partial charge is 0.326 e. The number of carboxylic acid groups (broad SMARTS) is 1. The summed E-state index contributed by atoms with van der Waals surface area (Å²) in [5.74, 6) is 0.226. The molecule has 6 heteroatoms. The summed E-state index contributed by atoms with van der Waals surface area (Å²) in [5.41, 5.74) is 4.48. The minimum absolute atomic E-state index is 0.244. The first-order valence-corrected chi connectivity index (χ1v) is 16.4. The van der Waals surface area contributed by atoms with Crippen LogP contribution in [0.4, 0.5) is 0 Å². The minimum Gasteiger partial charge on any atom is -0.492 e. The maximum atomic E-state index is 13.5. The van der Waals surface area contributed by atoms with E-state index in [1.54, 1.807) is 0 Å². The Morgan fingerprint density at radius 3 is 2.32 bits per heavy atom. The van der Waals surface area contributed by atoms with Crippen LogP contribution in [0, 0.1) is 12.8 Å².